The molecule has 0 unspecified atom stereocenters. The van der Waals surface area contributed by atoms with Crippen LogP contribution >= 0.6 is 0 Å². The van der Waals surface area contributed by atoms with Gasteiger partial charge in [0.2, 0.25) is 0 Å². The van der Waals surface area contributed by atoms with E-state index in [1.165, 1.54) is 0 Å². The first-order valence-electron chi connectivity index (χ1n) is 5.28. The summed E-state index contributed by atoms with van der Waals surface area (Å²) in [6.07, 6.45) is 4.82. The molecule has 0 radical (unpaired) electrons. The van der Waals surface area contributed by atoms with Crippen LogP contribution in [-0.4, -0.2) is 28.3 Å². The molecular formula is C10H18N2OS. The van der Waals surface area contributed by atoms with Gasteiger partial charge in [-0.3, -0.25) is 4.21 Å². The van der Waals surface area contributed by atoms with Gasteiger partial charge in [0, 0.05) is 34.8 Å². The standard InChI is InChI=1S/C10H18N2OS/c11-6-2-1-3-7-12-10-4-8-14(13)9-5-10/h10,12H,1-5,7-9H2. The van der Waals surface area contributed by atoms with E-state index in [4.69, 9.17) is 5.26 Å². The van der Waals surface area contributed by atoms with Crippen LogP contribution in [0.3, 0.4) is 0 Å². The Balaban J connectivity index is 1.97. The van der Waals surface area contributed by atoms with Gasteiger partial charge < -0.3 is 5.32 Å². The monoisotopic (exact) mass is 214 g/mol. The molecule has 1 aliphatic rings. The third kappa shape index (κ3) is 4.73. The summed E-state index contributed by atoms with van der Waals surface area (Å²) in [4.78, 5) is 0. The second-order valence-corrected chi connectivity index (χ2v) is 5.39. The van der Waals surface area contributed by atoms with E-state index in [-0.39, 0.29) is 0 Å². The van der Waals surface area contributed by atoms with Crippen molar-refractivity contribution in [2.75, 3.05) is 18.1 Å². The number of nitrogens with one attached hydrogen (secondary N) is 1. The quantitative estimate of drug-likeness (QED) is 0.699. The van der Waals surface area contributed by atoms with E-state index in [0.717, 1.165) is 43.7 Å². The third-order valence-corrected chi connectivity index (χ3v) is 3.92. The molecule has 4 heteroatoms. The van der Waals surface area contributed by atoms with E-state index in [1.807, 2.05) is 0 Å². The molecule has 1 fully saturated rings. The van der Waals surface area contributed by atoms with Gasteiger partial charge in [-0.1, -0.05) is 0 Å². The highest BCUT2D eigenvalue weighted by Crippen LogP contribution is 2.09. The van der Waals surface area contributed by atoms with Gasteiger partial charge in [0.25, 0.3) is 0 Å². The van der Waals surface area contributed by atoms with Crippen molar-refractivity contribution in [1.29, 1.82) is 5.26 Å². The van der Waals surface area contributed by atoms with Gasteiger partial charge >= 0.3 is 0 Å². The highest BCUT2D eigenvalue weighted by molar-refractivity contribution is 7.85. The van der Waals surface area contributed by atoms with Gasteiger partial charge in [-0.05, 0) is 32.2 Å². The topological polar surface area (TPSA) is 52.9 Å². The Hall–Kier alpha value is -0.400. The molecule has 1 aliphatic heterocycles. The van der Waals surface area contributed by atoms with Crippen LogP contribution in [-0.2, 0) is 10.8 Å². The van der Waals surface area contributed by atoms with Crippen LogP contribution in [0.15, 0.2) is 0 Å². The van der Waals surface area contributed by atoms with E-state index in [0.29, 0.717) is 12.5 Å². The van der Waals surface area contributed by atoms with Crippen LogP contribution in [0.2, 0.25) is 0 Å². The molecule has 0 atom stereocenters. The summed E-state index contributed by atoms with van der Waals surface area (Å²) in [5, 5.41) is 11.8. The Morgan fingerprint density at radius 3 is 2.71 bits per heavy atom. The van der Waals surface area contributed by atoms with Crippen LogP contribution in [0.1, 0.15) is 32.1 Å². The molecule has 1 saturated heterocycles. The molecule has 0 aliphatic carbocycles. The van der Waals surface area contributed by atoms with Crippen molar-refractivity contribution in [2.45, 2.75) is 38.1 Å². The maximum Gasteiger partial charge on any atom is 0.0621 e. The summed E-state index contributed by atoms with van der Waals surface area (Å²) in [5.74, 6) is 1.71. The molecular weight excluding hydrogens is 196 g/mol. The first kappa shape index (κ1) is 11.7. The van der Waals surface area contributed by atoms with Crippen LogP contribution < -0.4 is 5.32 Å². The summed E-state index contributed by atoms with van der Waals surface area (Å²) in [5.41, 5.74) is 0. The second kappa shape index (κ2) is 6.97. The molecule has 0 amide bonds. The van der Waals surface area contributed by atoms with Crippen molar-refractivity contribution < 1.29 is 4.21 Å². The average molecular weight is 214 g/mol. The van der Waals surface area contributed by atoms with Gasteiger partial charge in [0.1, 0.15) is 0 Å². The summed E-state index contributed by atoms with van der Waals surface area (Å²) in [6.45, 7) is 0.999. The SMILES string of the molecule is N#CCCCCNC1CCS(=O)CC1. The Kier molecular flexibility index (Phi) is 5.81. The van der Waals surface area contributed by atoms with Crippen LogP contribution in [0.4, 0.5) is 0 Å². The fourth-order valence-electron chi connectivity index (χ4n) is 1.63. The third-order valence-electron chi connectivity index (χ3n) is 2.54. The fourth-order valence-corrected chi connectivity index (χ4v) is 2.93. The van der Waals surface area contributed by atoms with Gasteiger partial charge in [0.15, 0.2) is 0 Å². The first-order valence-corrected chi connectivity index (χ1v) is 6.77. The highest BCUT2D eigenvalue weighted by Gasteiger charge is 2.16. The van der Waals surface area contributed by atoms with Crippen LogP contribution in [0, 0.1) is 11.3 Å². The molecule has 80 valence electrons. The summed E-state index contributed by atoms with van der Waals surface area (Å²) in [6, 6.07) is 2.71. The van der Waals surface area contributed by atoms with Crippen molar-refractivity contribution in [2.24, 2.45) is 0 Å². The smallest absolute Gasteiger partial charge is 0.0621 e. The van der Waals surface area contributed by atoms with Crippen molar-refractivity contribution >= 4 is 10.8 Å². The predicted molar refractivity (Wildman–Crippen MR) is 58.4 cm³/mol. The minimum atomic E-state index is -0.554. The zero-order valence-corrected chi connectivity index (χ0v) is 9.31. The number of hydrogen-bond donors (Lipinski definition) is 1. The lowest BCUT2D eigenvalue weighted by Gasteiger charge is -2.22. The molecule has 0 saturated carbocycles. The van der Waals surface area contributed by atoms with Gasteiger partial charge in [-0.2, -0.15) is 5.26 Å². The lowest BCUT2D eigenvalue weighted by molar-refractivity contribution is 0.467. The second-order valence-electron chi connectivity index (χ2n) is 3.69. The Morgan fingerprint density at radius 1 is 1.36 bits per heavy atom. The maximum absolute atomic E-state index is 11.1. The molecule has 0 spiro atoms. The molecule has 0 aromatic heterocycles. The number of nitriles is 1. The first-order chi connectivity index (χ1) is 6.83. The number of unbranched alkanes of at least 4 members (excludes halogenated alkanes) is 2. The van der Waals surface area contributed by atoms with Crippen molar-refractivity contribution in [1.82, 2.24) is 5.32 Å². The Morgan fingerprint density at radius 2 is 2.07 bits per heavy atom. The zero-order chi connectivity index (χ0) is 10.2. The molecule has 0 aromatic carbocycles. The molecule has 14 heavy (non-hydrogen) atoms. The largest absolute Gasteiger partial charge is 0.314 e. The van der Waals surface area contributed by atoms with Gasteiger partial charge in [0.05, 0.1) is 6.07 Å². The molecule has 1 N–H and O–H groups in total. The van der Waals surface area contributed by atoms with Crippen molar-refractivity contribution in [3.63, 3.8) is 0 Å². The minimum absolute atomic E-state index is 0.554. The number of nitrogens with zero attached hydrogens (tertiary/aromatic N) is 1. The summed E-state index contributed by atoms with van der Waals surface area (Å²) >= 11 is 0. The zero-order valence-electron chi connectivity index (χ0n) is 8.50. The molecule has 0 aromatic rings. The van der Waals surface area contributed by atoms with Gasteiger partial charge in [-0.15, -0.1) is 0 Å². The van der Waals surface area contributed by atoms with E-state index >= 15 is 0 Å². The lowest BCUT2D eigenvalue weighted by atomic mass is 10.1. The summed E-state index contributed by atoms with van der Waals surface area (Å²) < 4.78 is 11.1. The number of rotatable bonds is 5. The van der Waals surface area contributed by atoms with Crippen LogP contribution in [0.5, 0.6) is 0 Å². The lowest BCUT2D eigenvalue weighted by Crippen LogP contribution is -2.36. The van der Waals surface area contributed by atoms with Crippen LogP contribution in [0.25, 0.3) is 0 Å². The fraction of sp³-hybridized carbons (Fsp3) is 0.900. The van der Waals surface area contributed by atoms with Gasteiger partial charge in [-0.25, -0.2) is 0 Å². The molecule has 0 bridgehead atoms. The predicted octanol–water partition coefficient (Wildman–Crippen LogP) is 1.18. The Labute approximate surface area is 88.3 Å². The summed E-state index contributed by atoms with van der Waals surface area (Å²) in [7, 11) is -0.554. The maximum atomic E-state index is 11.1. The molecule has 1 heterocycles. The van der Waals surface area contributed by atoms with E-state index in [1.54, 1.807) is 0 Å². The normalized spacial score (nSPS) is 27.1. The average Bonchev–Trinajstić information content (AvgIpc) is 2.21. The van der Waals surface area contributed by atoms with E-state index < -0.39 is 10.8 Å². The molecule has 1 rings (SSSR count). The van der Waals surface area contributed by atoms with Crippen molar-refractivity contribution in [3.8, 4) is 6.07 Å². The minimum Gasteiger partial charge on any atom is -0.314 e. The highest BCUT2D eigenvalue weighted by atomic mass is 32.2. The molecule has 3 nitrogen and oxygen atoms in total. The number of hydrogen-bond acceptors (Lipinski definition) is 3. The Bertz CT molecular complexity index is 215. The van der Waals surface area contributed by atoms with Crippen molar-refractivity contribution in [3.05, 3.63) is 0 Å². The van der Waals surface area contributed by atoms with E-state index in [2.05, 4.69) is 11.4 Å². The van der Waals surface area contributed by atoms with E-state index in [9.17, 15) is 4.21 Å².